The Bertz CT molecular complexity index is 414. The smallest absolute Gasteiger partial charge is 0.325 e. The van der Waals surface area contributed by atoms with Gasteiger partial charge in [-0.3, -0.25) is 4.79 Å². The average Bonchev–Trinajstić information content (AvgIpc) is 2.31. The summed E-state index contributed by atoms with van der Waals surface area (Å²) >= 11 is 9.12. The van der Waals surface area contributed by atoms with E-state index in [0.717, 1.165) is 0 Å². The van der Waals surface area contributed by atoms with Gasteiger partial charge >= 0.3 is 5.97 Å². The Morgan fingerprint density at radius 2 is 2.29 bits per heavy atom. The Morgan fingerprint density at radius 1 is 1.65 bits per heavy atom. The van der Waals surface area contributed by atoms with E-state index in [-0.39, 0.29) is 6.61 Å². The lowest BCUT2D eigenvalue weighted by Crippen LogP contribution is -2.38. The van der Waals surface area contributed by atoms with E-state index in [0.29, 0.717) is 15.1 Å². The highest BCUT2D eigenvalue weighted by molar-refractivity contribution is 9.10. The number of carbonyl (C=O) groups is 1. The topological polar surface area (TPSA) is 72.5 Å². The van der Waals surface area contributed by atoms with Gasteiger partial charge in [0, 0.05) is 4.47 Å². The van der Waals surface area contributed by atoms with Crippen molar-refractivity contribution in [3.8, 4) is 0 Å². The zero-order valence-corrected chi connectivity index (χ0v) is 11.5. The molecule has 0 amide bonds. The minimum Gasteiger partial charge on any atom is -0.465 e. The first-order valence-electron chi connectivity index (χ1n) is 5.02. The molecule has 0 aliphatic carbocycles. The van der Waals surface area contributed by atoms with Crippen molar-refractivity contribution < 1.29 is 14.6 Å². The van der Waals surface area contributed by atoms with Crippen molar-refractivity contribution >= 4 is 33.5 Å². The SMILES string of the molecule is CCOC(=O)C(N)C(O)c1ccc(Br)c(Cl)c1. The van der Waals surface area contributed by atoms with Gasteiger partial charge in [0.05, 0.1) is 11.6 Å². The van der Waals surface area contributed by atoms with E-state index in [1.165, 1.54) is 0 Å². The predicted octanol–water partition coefficient (Wildman–Crippen LogP) is 2.03. The summed E-state index contributed by atoms with van der Waals surface area (Å²) in [5, 5.41) is 10.3. The molecule has 1 aromatic rings. The Hall–Kier alpha value is -0.620. The van der Waals surface area contributed by atoms with Gasteiger partial charge in [0.15, 0.2) is 0 Å². The summed E-state index contributed by atoms with van der Waals surface area (Å²) < 4.78 is 5.44. The molecule has 0 fully saturated rings. The van der Waals surface area contributed by atoms with Crippen LogP contribution in [0.1, 0.15) is 18.6 Å². The highest BCUT2D eigenvalue weighted by atomic mass is 79.9. The van der Waals surface area contributed by atoms with Crippen molar-refractivity contribution in [2.45, 2.75) is 19.1 Å². The molecule has 0 heterocycles. The predicted molar refractivity (Wildman–Crippen MR) is 68.7 cm³/mol. The maximum absolute atomic E-state index is 11.4. The summed E-state index contributed by atoms with van der Waals surface area (Å²) in [7, 11) is 0. The van der Waals surface area contributed by atoms with Crippen molar-refractivity contribution in [3.05, 3.63) is 33.3 Å². The second kappa shape index (κ2) is 6.35. The summed E-state index contributed by atoms with van der Waals surface area (Å²) in [5.41, 5.74) is 6.06. The van der Waals surface area contributed by atoms with Crippen molar-refractivity contribution in [2.75, 3.05) is 6.61 Å². The number of aliphatic hydroxyl groups excluding tert-OH is 1. The summed E-state index contributed by atoms with van der Waals surface area (Å²) in [6.45, 7) is 1.90. The van der Waals surface area contributed by atoms with Gasteiger partial charge in [-0.1, -0.05) is 17.7 Å². The van der Waals surface area contributed by atoms with Crippen molar-refractivity contribution in [2.24, 2.45) is 5.73 Å². The van der Waals surface area contributed by atoms with E-state index in [9.17, 15) is 9.90 Å². The number of nitrogens with two attached hydrogens (primary N) is 1. The van der Waals surface area contributed by atoms with Crippen LogP contribution in [-0.4, -0.2) is 23.7 Å². The van der Waals surface area contributed by atoms with Crippen molar-refractivity contribution in [3.63, 3.8) is 0 Å². The standard InChI is InChI=1S/C11H13BrClNO3/c1-2-17-11(16)9(14)10(15)6-3-4-7(12)8(13)5-6/h3-5,9-10,15H,2,14H2,1H3. The van der Waals surface area contributed by atoms with E-state index in [2.05, 4.69) is 15.9 Å². The number of aliphatic hydroxyl groups is 1. The number of benzene rings is 1. The molecule has 0 aromatic heterocycles. The van der Waals surface area contributed by atoms with Gasteiger partial charge in [-0.15, -0.1) is 0 Å². The molecule has 0 bridgehead atoms. The lowest BCUT2D eigenvalue weighted by atomic mass is 10.0. The number of carbonyl (C=O) groups excluding carboxylic acids is 1. The van der Waals surface area contributed by atoms with Crippen LogP contribution in [0.5, 0.6) is 0 Å². The molecule has 0 radical (unpaired) electrons. The van der Waals surface area contributed by atoms with Gasteiger partial charge in [0.1, 0.15) is 12.1 Å². The molecule has 1 rings (SSSR count). The molecule has 0 aliphatic rings. The first kappa shape index (κ1) is 14.4. The third-order valence-electron chi connectivity index (χ3n) is 2.18. The number of hydrogen-bond acceptors (Lipinski definition) is 4. The lowest BCUT2D eigenvalue weighted by Gasteiger charge is -2.18. The van der Waals surface area contributed by atoms with Gasteiger partial charge in [-0.2, -0.15) is 0 Å². The lowest BCUT2D eigenvalue weighted by molar-refractivity contribution is -0.147. The minimum absolute atomic E-state index is 0.223. The van der Waals surface area contributed by atoms with Crippen LogP contribution in [0.4, 0.5) is 0 Å². The summed E-state index contributed by atoms with van der Waals surface area (Å²) in [6.07, 6.45) is -1.14. The molecule has 1 aromatic carbocycles. The van der Waals surface area contributed by atoms with Crippen LogP contribution in [0.3, 0.4) is 0 Å². The summed E-state index contributed by atoms with van der Waals surface area (Å²) in [4.78, 5) is 11.4. The maximum Gasteiger partial charge on any atom is 0.325 e. The van der Waals surface area contributed by atoms with Crippen LogP contribution in [0.2, 0.25) is 5.02 Å². The third kappa shape index (κ3) is 3.67. The minimum atomic E-state index is -1.14. The third-order valence-corrected chi connectivity index (χ3v) is 3.42. The van der Waals surface area contributed by atoms with Crippen molar-refractivity contribution in [1.29, 1.82) is 0 Å². The van der Waals surface area contributed by atoms with Crippen LogP contribution >= 0.6 is 27.5 Å². The van der Waals surface area contributed by atoms with E-state index in [1.807, 2.05) is 0 Å². The fourth-order valence-corrected chi connectivity index (χ4v) is 1.71. The Labute approximate surface area is 113 Å². The van der Waals surface area contributed by atoms with E-state index < -0.39 is 18.1 Å². The molecule has 2 unspecified atom stereocenters. The van der Waals surface area contributed by atoms with Gasteiger partial charge in [0.25, 0.3) is 0 Å². The quantitative estimate of drug-likeness (QED) is 0.832. The van der Waals surface area contributed by atoms with Gasteiger partial charge in [0.2, 0.25) is 0 Å². The maximum atomic E-state index is 11.4. The normalized spacial score (nSPS) is 14.2. The first-order valence-corrected chi connectivity index (χ1v) is 6.19. The number of rotatable bonds is 4. The highest BCUT2D eigenvalue weighted by Crippen LogP contribution is 2.27. The molecule has 4 nitrogen and oxygen atoms in total. The number of halogens is 2. The van der Waals surface area contributed by atoms with Crippen LogP contribution < -0.4 is 5.73 Å². The highest BCUT2D eigenvalue weighted by Gasteiger charge is 2.25. The number of esters is 1. The molecule has 2 atom stereocenters. The fraction of sp³-hybridized carbons (Fsp3) is 0.364. The van der Waals surface area contributed by atoms with Crippen LogP contribution in [-0.2, 0) is 9.53 Å². The molecule has 3 N–H and O–H groups in total. The zero-order valence-electron chi connectivity index (χ0n) is 9.19. The van der Waals surface area contributed by atoms with Gasteiger partial charge in [-0.05, 0) is 40.5 Å². The molecular formula is C11H13BrClNO3. The fourth-order valence-electron chi connectivity index (χ4n) is 1.27. The van der Waals surface area contributed by atoms with Crippen LogP contribution in [0, 0.1) is 0 Å². The second-order valence-electron chi connectivity index (χ2n) is 3.40. The largest absolute Gasteiger partial charge is 0.465 e. The first-order chi connectivity index (χ1) is 7.97. The number of ether oxygens (including phenoxy) is 1. The average molecular weight is 323 g/mol. The van der Waals surface area contributed by atoms with Crippen molar-refractivity contribution in [1.82, 2.24) is 0 Å². The van der Waals surface area contributed by atoms with Crippen LogP contribution in [0.25, 0.3) is 0 Å². The molecule has 0 aliphatic heterocycles. The van der Waals surface area contributed by atoms with Crippen LogP contribution in [0.15, 0.2) is 22.7 Å². The second-order valence-corrected chi connectivity index (χ2v) is 4.66. The zero-order chi connectivity index (χ0) is 13.0. The molecule has 17 heavy (non-hydrogen) atoms. The molecule has 0 saturated heterocycles. The van der Waals surface area contributed by atoms with E-state index in [4.69, 9.17) is 22.1 Å². The molecule has 0 saturated carbocycles. The van der Waals surface area contributed by atoms with Gasteiger partial charge < -0.3 is 15.6 Å². The Balaban J connectivity index is 2.84. The molecule has 0 spiro atoms. The summed E-state index contributed by atoms with van der Waals surface area (Å²) in [5.74, 6) is -0.640. The van der Waals surface area contributed by atoms with E-state index in [1.54, 1.807) is 25.1 Å². The van der Waals surface area contributed by atoms with Gasteiger partial charge in [-0.25, -0.2) is 0 Å². The Morgan fingerprint density at radius 3 is 2.82 bits per heavy atom. The summed E-state index contributed by atoms with van der Waals surface area (Å²) in [6, 6.07) is 3.75. The number of hydrogen-bond donors (Lipinski definition) is 2. The molecule has 94 valence electrons. The molecular weight excluding hydrogens is 309 g/mol. The van der Waals surface area contributed by atoms with E-state index >= 15 is 0 Å². The monoisotopic (exact) mass is 321 g/mol. The Kier molecular flexibility index (Phi) is 5.39. The molecule has 6 heteroatoms.